The summed E-state index contributed by atoms with van der Waals surface area (Å²) < 4.78 is 25.9. The Morgan fingerprint density at radius 3 is 2.52 bits per heavy atom. The van der Waals surface area contributed by atoms with Crippen LogP contribution in [0.4, 0.5) is 11.5 Å². The Morgan fingerprint density at radius 1 is 1.15 bits per heavy atom. The van der Waals surface area contributed by atoms with E-state index < -0.39 is 9.84 Å². The smallest absolute Gasteiger partial charge is 0.175 e. The van der Waals surface area contributed by atoms with Gasteiger partial charge in [-0.3, -0.25) is 0 Å². The summed E-state index contributed by atoms with van der Waals surface area (Å²) in [7, 11) is -3.21. The molecule has 1 aromatic carbocycles. The van der Waals surface area contributed by atoms with Crippen LogP contribution in [0.15, 0.2) is 45.9 Å². The fourth-order valence-electron chi connectivity index (χ4n) is 3.58. The minimum atomic E-state index is -3.21. The van der Waals surface area contributed by atoms with Crippen LogP contribution >= 0.6 is 15.9 Å². The molecular weight excluding hydrogens is 428 g/mol. The molecule has 0 amide bonds. The Bertz CT molecular complexity index is 1070. The van der Waals surface area contributed by atoms with Gasteiger partial charge >= 0.3 is 0 Å². The first-order chi connectivity index (χ1) is 12.9. The normalized spacial score (nSPS) is 15.9. The fourth-order valence-corrected chi connectivity index (χ4v) is 4.56. The maximum Gasteiger partial charge on any atom is 0.175 e. The van der Waals surface area contributed by atoms with Crippen molar-refractivity contribution in [1.29, 1.82) is 0 Å². The van der Waals surface area contributed by atoms with Crippen LogP contribution in [0, 0.1) is 0 Å². The van der Waals surface area contributed by atoms with Crippen molar-refractivity contribution in [3.05, 3.63) is 46.7 Å². The molecule has 0 saturated heterocycles. The number of anilines is 2. The molecule has 4 rings (SSSR count). The highest BCUT2D eigenvalue weighted by Crippen LogP contribution is 2.34. The van der Waals surface area contributed by atoms with Crippen LogP contribution in [0.1, 0.15) is 43.7 Å². The lowest BCUT2D eigenvalue weighted by molar-refractivity contribution is 0.437. The van der Waals surface area contributed by atoms with Gasteiger partial charge in [-0.05, 0) is 53.0 Å². The van der Waals surface area contributed by atoms with Crippen molar-refractivity contribution in [3.8, 4) is 0 Å². The van der Waals surface area contributed by atoms with Crippen LogP contribution in [0.2, 0.25) is 0 Å². The van der Waals surface area contributed by atoms with Crippen LogP contribution < -0.4 is 5.32 Å². The van der Waals surface area contributed by atoms with Gasteiger partial charge in [0.05, 0.1) is 15.6 Å². The number of sulfone groups is 1. The molecule has 1 aliphatic carbocycles. The topological polar surface area (TPSA) is 76.4 Å². The van der Waals surface area contributed by atoms with Gasteiger partial charge in [0.25, 0.3) is 0 Å². The summed E-state index contributed by atoms with van der Waals surface area (Å²) in [6.45, 7) is 0. The molecule has 2 aromatic heterocycles. The van der Waals surface area contributed by atoms with Crippen molar-refractivity contribution in [2.45, 2.75) is 42.9 Å². The zero-order chi connectivity index (χ0) is 19.0. The highest BCUT2D eigenvalue weighted by Gasteiger charge is 2.20. The maximum absolute atomic E-state index is 11.7. The highest BCUT2D eigenvalue weighted by atomic mass is 79.9. The SMILES string of the molecule is CS(=O)(=O)c1ccc(Nc2cc(C3CCCCC3)nc3c(Br)cnn23)cc1. The first-order valence-electron chi connectivity index (χ1n) is 9.03. The molecule has 0 radical (unpaired) electrons. The molecule has 0 unspecified atom stereocenters. The van der Waals surface area contributed by atoms with Crippen molar-refractivity contribution < 1.29 is 8.42 Å². The molecule has 2 heterocycles. The summed E-state index contributed by atoms with van der Waals surface area (Å²) in [6.07, 6.45) is 9.06. The zero-order valence-electron chi connectivity index (χ0n) is 15.0. The van der Waals surface area contributed by atoms with Gasteiger partial charge in [-0.25, -0.2) is 13.4 Å². The van der Waals surface area contributed by atoms with Crippen LogP contribution in [-0.2, 0) is 9.84 Å². The Labute approximate surface area is 167 Å². The Morgan fingerprint density at radius 2 is 1.85 bits per heavy atom. The number of aromatic nitrogens is 3. The Hall–Kier alpha value is -1.93. The van der Waals surface area contributed by atoms with E-state index in [9.17, 15) is 8.42 Å². The third kappa shape index (κ3) is 3.87. The summed E-state index contributed by atoms with van der Waals surface area (Å²) in [5.41, 5.74) is 2.67. The van der Waals surface area contributed by atoms with Crippen LogP contribution in [0.5, 0.6) is 0 Å². The first-order valence-corrected chi connectivity index (χ1v) is 11.7. The van der Waals surface area contributed by atoms with Crippen molar-refractivity contribution in [3.63, 3.8) is 0 Å². The van der Waals surface area contributed by atoms with Gasteiger partial charge in [-0.2, -0.15) is 9.61 Å². The minimum Gasteiger partial charge on any atom is -0.340 e. The lowest BCUT2D eigenvalue weighted by atomic mass is 9.87. The van der Waals surface area contributed by atoms with Gasteiger partial charge in [0.1, 0.15) is 5.82 Å². The number of halogens is 1. The molecule has 1 fully saturated rings. The van der Waals surface area contributed by atoms with E-state index in [2.05, 4.69) is 32.4 Å². The highest BCUT2D eigenvalue weighted by molar-refractivity contribution is 9.10. The summed E-state index contributed by atoms with van der Waals surface area (Å²) >= 11 is 3.54. The molecule has 0 spiro atoms. The molecule has 8 heteroatoms. The molecule has 6 nitrogen and oxygen atoms in total. The largest absolute Gasteiger partial charge is 0.340 e. The van der Waals surface area contributed by atoms with E-state index in [1.54, 1.807) is 35.0 Å². The minimum absolute atomic E-state index is 0.303. The number of benzene rings is 1. The molecule has 27 heavy (non-hydrogen) atoms. The predicted molar refractivity (Wildman–Crippen MR) is 109 cm³/mol. The summed E-state index contributed by atoms with van der Waals surface area (Å²) in [5, 5.41) is 7.77. The Kier molecular flexibility index (Phi) is 4.94. The van der Waals surface area contributed by atoms with E-state index in [1.165, 1.54) is 25.5 Å². The zero-order valence-corrected chi connectivity index (χ0v) is 17.4. The second-order valence-electron chi connectivity index (χ2n) is 7.05. The maximum atomic E-state index is 11.7. The molecule has 0 atom stereocenters. The van der Waals surface area contributed by atoms with Crippen molar-refractivity contribution in [2.75, 3.05) is 11.6 Å². The van der Waals surface area contributed by atoms with Gasteiger partial charge in [0, 0.05) is 29.6 Å². The molecule has 1 saturated carbocycles. The Balaban J connectivity index is 1.71. The molecule has 3 aromatic rings. The van der Waals surface area contributed by atoms with Crippen LogP contribution in [0.25, 0.3) is 5.65 Å². The number of hydrogen-bond acceptors (Lipinski definition) is 5. The van der Waals surface area contributed by atoms with Gasteiger partial charge in [-0.1, -0.05) is 19.3 Å². The summed E-state index contributed by atoms with van der Waals surface area (Å²) in [4.78, 5) is 5.14. The third-order valence-corrected chi connectivity index (χ3v) is 6.71. The second kappa shape index (κ2) is 7.24. The van der Waals surface area contributed by atoms with Crippen LogP contribution in [0.3, 0.4) is 0 Å². The first kappa shape index (κ1) is 18.4. The van der Waals surface area contributed by atoms with E-state index in [0.29, 0.717) is 10.8 Å². The average molecular weight is 449 g/mol. The van der Waals surface area contributed by atoms with Gasteiger partial charge in [0.15, 0.2) is 15.5 Å². The summed E-state index contributed by atoms with van der Waals surface area (Å²) in [5.74, 6) is 1.29. The molecule has 142 valence electrons. The fraction of sp³-hybridized carbons (Fsp3) is 0.368. The number of nitrogens with zero attached hydrogens (tertiary/aromatic N) is 3. The predicted octanol–water partition coefficient (Wildman–Crippen LogP) is 4.69. The van der Waals surface area contributed by atoms with Crippen LogP contribution in [-0.4, -0.2) is 29.3 Å². The number of nitrogens with one attached hydrogen (secondary N) is 1. The van der Waals surface area contributed by atoms with Gasteiger partial charge < -0.3 is 5.32 Å². The van der Waals surface area contributed by atoms with Crippen molar-refractivity contribution in [1.82, 2.24) is 14.6 Å². The van der Waals surface area contributed by atoms with E-state index in [1.807, 2.05) is 0 Å². The molecule has 1 aliphatic rings. The molecule has 0 bridgehead atoms. The number of fused-ring (bicyclic) bond motifs is 1. The molecular formula is C19H21BrN4O2S. The van der Waals surface area contributed by atoms with E-state index in [-0.39, 0.29) is 0 Å². The van der Waals surface area contributed by atoms with Gasteiger partial charge in [-0.15, -0.1) is 0 Å². The van der Waals surface area contributed by atoms with E-state index >= 15 is 0 Å². The van der Waals surface area contributed by atoms with Crippen molar-refractivity contribution in [2.24, 2.45) is 0 Å². The lowest BCUT2D eigenvalue weighted by Gasteiger charge is -2.22. The van der Waals surface area contributed by atoms with Crippen molar-refractivity contribution >= 4 is 42.9 Å². The number of rotatable bonds is 4. The average Bonchev–Trinajstić information content (AvgIpc) is 3.03. The molecule has 1 N–H and O–H groups in total. The quantitative estimate of drug-likeness (QED) is 0.626. The molecule has 0 aliphatic heterocycles. The van der Waals surface area contributed by atoms with E-state index in [4.69, 9.17) is 4.98 Å². The standard InChI is InChI=1S/C19H21BrN4O2S/c1-27(25,26)15-9-7-14(8-10-15)22-18-11-17(13-5-3-2-4-6-13)23-19-16(20)12-21-24(18)19/h7-13,22H,2-6H2,1H3. The monoisotopic (exact) mass is 448 g/mol. The summed E-state index contributed by atoms with van der Waals surface area (Å²) in [6, 6.07) is 8.81. The second-order valence-corrected chi connectivity index (χ2v) is 9.92. The number of hydrogen-bond donors (Lipinski definition) is 1. The van der Waals surface area contributed by atoms with E-state index in [0.717, 1.165) is 40.2 Å². The van der Waals surface area contributed by atoms with Gasteiger partial charge in [0.2, 0.25) is 0 Å². The lowest BCUT2D eigenvalue weighted by Crippen LogP contribution is -2.10. The third-order valence-electron chi connectivity index (χ3n) is 5.03.